The summed E-state index contributed by atoms with van der Waals surface area (Å²) in [7, 11) is -9.33. The van der Waals surface area contributed by atoms with Gasteiger partial charge in [0.05, 0.1) is 0 Å². The molecule has 0 aromatic heterocycles. The van der Waals surface area contributed by atoms with Crippen LogP contribution in [0.5, 0.6) is 11.5 Å². The van der Waals surface area contributed by atoms with Gasteiger partial charge in [0.25, 0.3) is 0 Å². The van der Waals surface area contributed by atoms with E-state index in [1.807, 2.05) is 60.7 Å². The fraction of sp³-hybridized carbons (Fsp3) is 0. The molecule has 0 atom stereocenters. The van der Waals surface area contributed by atoms with Gasteiger partial charge in [0.1, 0.15) is 11.5 Å². The molecule has 2 aromatic carbocycles. The summed E-state index contributed by atoms with van der Waals surface area (Å²) in [5.74, 6) is 1.74. The molecule has 9 nitrogen and oxygen atoms in total. The number of rotatable bonds is 2. The summed E-state index contributed by atoms with van der Waals surface area (Å²) in [6.07, 6.45) is 0. The van der Waals surface area contributed by atoms with Crippen LogP contribution in [0.2, 0.25) is 0 Å². The van der Waals surface area contributed by atoms with E-state index in [0.29, 0.717) is 0 Å². The van der Waals surface area contributed by atoms with Crippen LogP contribution >= 0.6 is 0 Å². The maximum absolute atomic E-state index is 8.74. The molecule has 0 fully saturated rings. The van der Waals surface area contributed by atoms with Crippen molar-refractivity contribution in [1.29, 1.82) is 0 Å². The third kappa shape index (κ3) is 23.2. The first-order valence-corrected chi connectivity index (χ1v) is 8.42. The van der Waals surface area contributed by atoms with Gasteiger partial charge in [0, 0.05) is 0 Å². The van der Waals surface area contributed by atoms with Crippen LogP contribution in [-0.4, -0.2) is 64.6 Å². The first-order chi connectivity index (χ1) is 10.4. The van der Waals surface area contributed by atoms with Gasteiger partial charge in [-0.1, -0.05) is 36.4 Å². The largest absolute Gasteiger partial charge is 0.457 e. The Morgan fingerprint density at radius 2 is 0.792 bits per heavy atom. The van der Waals surface area contributed by atoms with E-state index in [1.54, 1.807) is 0 Å². The van der Waals surface area contributed by atoms with Crippen LogP contribution in [0.4, 0.5) is 0 Å². The molecule has 0 amide bonds. The van der Waals surface area contributed by atoms with Crippen LogP contribution in [0.3, 0.4) is 0 Å². The van der Waals surface area contributed by atoms with E-state index in [-0.39, 0.29) is 29.6 Å². The third-order valence-electron chi connectivity index (χ3n) is 1.72. The molecule has 0 aliphatic heterocycles. The maximum atomic E-state index is 8.74. The van der Waals surface area contributed by atoms with Crippen molar-refractivity contribution in [2.45, 2.75) is 0 Å². The van der Waals surface area contributed by atoms with Crippen molar-refractivity contribution in [3.05, 3.63) is 60.7 Å². The zero-order valence-electron chi connectivity index (χ0n) is 11.4. The van der Waals surface area contributed by atoms with Gasteiger partial charge in [-0.05, 0) is 24.3 Å². The van der Waals surface area contributed by atoms with Gasteiger partial charge < -0.3 is 4.74 Å². The Morgan fingerprint density at radius 3 is 1.00 bits per heavy atom. The molecule has 0 aliphatic carbocycles. The molecule has 0 saturated heterocycles. The van der Waals surface area contributed by atoms with E-state index in [0.717, 1.165) is 11.5 Å². The molecular formula is C12H15NaO9S2. The van der Waals surface area contributed by atoms with Crippen LogP contribution in [0.25, 0.3) is 0 Å². The Morgan fingerprint density at radius 1 is 0.583 bits per heavy atom. The molecule has 4 N–H and O–H groups in total. The topological polar surface area (TPSA) is 158 Å². The van der Waals surface area contributed by atoms with Crippen molar-refractivity contribution in [3.63, 3.8) is 0 Å². The van der Waals surface area contributed by atoms with E-state index in [2.05, 4.69) is 0 Å². The van der Waals surface area contributed by atoms with Crippen molar-refractivity contribution in [2.75, 3.05) is 0 Å². The van der Waals surface area contributed by atoms with Crippen LogP contribution in [0.1, 0.15) is 0 Å². The molecule has 130 valence electrons. The second kappa shape index (κ2) is 12.4. The molecule has 24 heavy (non-hydrogen) atoms. The van der Waals surface area contributed by atoms with Crippen LogP contribution in [0, 0.1) is 0 Å². The van der Waals surface area contributed by atoms with Crippen molar-refractivity contribution in [2.24, 2.45) is 0 Å². The first kappa shape index (κ1) is 25.2. The standard InChI is InChI=1S/C12H10O.Na.2H2O4S.H/c1-3-7-11(8-4-1)13-12-9-5-2-6-10-12;;2*1-5(2,3)4;/h1-10H;;2*(H2,1,2,3,4);. The van der Waals surface area contributed by atoms with Gasteiger partial charge in [-0.15, -0.1) is 0 Å². The summed E-state index contributed by atoms with van der Waals surface area (Å²) in [5.41, 5.74) is 0. The Balaban J connectivity index is 0. The number of para-hydroxylation sites is 2. The van der Waals surface area contributed by atoms with Gasteiger partial charge in [-0.2, -0.15) is 16.8 Å². The zero-order valence-corrected chi connectivity index (χ0v) is 13.1. The van der Waals surface area contributed by atoms with Crippen molar-refractivity contribution < 1.29 is 39.8 Å². The predicted octanol–water partition coefficient (Wildman–Crippen LogP) is 1.52. The van der Waals surface area contributed by atoms with Crippen LogP contribution in [0.15, 0.2) is 60.7 Å². The summed E-state index contributed by atoms with van der Waals surface area (Å²) in [4.78, 5) is 0. The molecule has 0 bridgehead atoms. The average Bonchev–Trinajstić information content (AvgIpc) is 2.37. The summed E-state index contributed by atoms with van der Waals surface area (Å²) in [5, 5.41) is 0. The second-order valence-corrected chi connectivity index (χ2v) is 5.42. The van der Waals surface area contributed by atoms with E-state index in [1.165, 1.54) is 0 Å². The number of hydrogen-bond acceptors (Lipinski definition) is 5. The molecule has 0 radical (unpaired) electrons. The Bertz CT molecular complexity index is 679. The fourth-order valence-electron chi connectivity index (χ4n) is 1.11. The molecular weight excluding hydrogens is 375 g/mol. The summed E-state index contributed by atoms with van der Waals surface area (Å²) < 4.78 is 68.7. The maximum Gasteiger partial charge on any atom is 0.127 e. The van der Waals surface area contributed by atoms with Gasteiger partial charge in [-0.3, -0.25) is 18.2 Å². The zero-order chi connectivity index (χ0) is 17.9. The smallest absolute Gasteiger partial charge is 0.127 e. The molecule has 0 spiro atoms. The monoisotopic (exact) mass is 390 g/mol. The summed E-state index contributed by atoms with van der Waals surface area (Å²) in [6, 6.07) is 19.5. The quantitative estimate of drug-likeness (QED) is 0.440. The van der Waals surface area contributed by atoms with Crippen LogP contribution in [-0.2, 0) is 20.8 Å². The molecule has 0 aliphatic rings. The number of benzene rings is 2. The summed E-state index contributed by atoms with van der Waals surface area (Å²) >= 11 is 0. The Hall–Kier alpha value is -1.02. The SMILES string of the molecule is O=S(=O)(O)O.O=S(=O)(O)O.[NaH].c1ccc(Oc2ccccc2)cc1. The minimum Gasteiger partial charge on any atom is -0.457 e. The number of ether oxygens (including phenoxy) is 1. The minimum absolute atomic E-state index is 0. The molecule has 0 unspecified atom stereocenters. The van der Waals surface area contributed by atoms with Gasteiger partial charge in [0.2, 0.25) is 0 Å². The Kier molecular flexibility index (Phi) is 13.0. The van der Waals surface area contributed by atoms with E-state index < -0.39 is 20.8 Å². The average molecular weight is 390 g/mol. The summed E-state index contributed by atoms with van der Waals surface area (Å²) in [6.45, 7) is 0. The second-order valence-electron chi connectivity index (χ2n) is 3.62. The minimum atomic E-state index is -4.67. The molecule has 2 rings (SSSR count). The normalized spacial score (nSPS) is 10.0. The predicted molar refractivity (Wildman–Crippen MR) is 88.5 cm³/mol. The van der Waals surface area contributed by atoms with E-state index in [4.69, 9.17) is 39.8 Å². The fourth-order valence-corrected chi connectivity index (χ4v) is 1.11. The van der Waals surface area contributed by atoms with Gasteiger partial charge >= 0.3 is 50.4 Å². The Labute approximate surface area is 161 Å². The van der Waals surface area contributed by atoms with Crippen molar-refractivity contribution in [3.8, 4) is 11.5 Å². The number of hydrogen-bond donors (Lipinski definition) is 4. The van der Waals surface area contributed by atoms with E-state index in [9.17, 15) is 0 Å². The third-order valence-corrected chi connectivity index (χ3v) is 1.72. The van der Waals surface area contributed by atoms with Gasteiger partial charge in [-0.25, -0.2) is 0 Å². The first-order valence-electron chi connectivity index (χ1n) is 5.63. The van der Waals surface area contributed by atoms with Crippen LogP contribution < -0.4 is 4.74 Å². The molecule has 0 saturated carbocycles. The molecule has 0 heterocycles. The molecule has 2 aromatic rings. The van der Waals surface area contributed by atoms with Crippen molar-refractivity contribution in [1.82, 2.24) is 0 Å². The van der Waals surface area contributed by atoms with E-state index >= 15 is 0 Å². The molecule has 12 heteroatoms. The van der Waals surface area contributed by atoms with Gasteiger partial charge in [0.15, 0.2) is 0 Å². The van der Waals surface area contributed by atoms with Crippen molar-refractivity contribution >= 4 is 50.4 Å².